The molecule has 1 atom stereocenters. The van der Waals surface area contributed by atoms with E-state index >= 15 is 0 Å². The average Bonchev–Trinajstić information content (AvgIpc) is 2.98. The summed E-state index contributed by atoms with van der Waals surface area (Å²) in [6, 6.07) is 8.08. The second-order valence-electron chi connectivity index (χ2n) is 5.64. The number of guanidine groups is 1. The third-order valence-electron chi connectivity index (χ3n) is 3.37. The highest BCUT2D eigenvalue weighted by atomic mass is 127. The molecule has 0 aliphatic rings. The largest absolute Gasteiger partial charge is 0.489 e. The van der Waals surface area contributed by atoms with Crippen molar-refractivity contribution in [3.05, 3.63) is 54.1 Å². The second kappa shape index (κ2) is 11.0. The highest BCUT2D eigenvalue weighted by Crippen LogP contribution is 2.12. The summed E-state index contributed by atoms with van der Waals surface area (Å²) in [5, 5.41) is 6.48. The van der Waals surface area contributed by atoms with Crippen molar-refractivity contribution in [1.29, 1.82) is 0 Å². The van der Waals surface area contributed by atoms with Gasteiger partial charge in [0.1, 0.15) is 17.7 Å². The maximum absolute atomic E-state index is 12.9. The Balaban J connectivity index is 0.00000312. The van der Waals surface area contributed by atoms with Gasteiger partial charge in [0.05, 0.1) is 13.1 Å². The molecule has 1 heterocycles. The summed E-state index contributed by atoms with van der Waals surface area (Å²) in [6.07, 6.45) is 3.98. The Morgan fingerprint density at radius 2 is 1.96 bits per heavy atom. The van der Waals surface area contributed by atoms with Gasteiger partial charge in [-0.3, -0.25) is 0 Å². The van der Waals surface area contributed by atoms with Crippen LogP contribution >= 0.6 is 24.0 Å². The van der Waals surface area contributed by atoms with E-state index in [9.17, 15) is 4.39 Å². The standard InChI is InChI=1S/C18H25FN4O.HI/c1-4-20-18(22-12-15-9-10-23(3)13-15)21-11-14(2)24-17-7-5-16(19)6-8-17;/h5-10,13-14H,4,11-12H2,1-3H3,(H2,20,21,22);1H. The van der Waals surface area contributed by atoms with Crippen molar-refractivity contribution >= 4 is 29.9 Å². The van der Waals surface area contributed by atoms with E-state index in [0.717, 1.165) is 18.1 Å². The van der Waals surface area contributed by atoms with Gasteiger partial charge in [0.25, 0.3) is 0 Å². The fraction of sp³-hybridized carbons (Fsp3) is 0.389. The van der Waals surface area contributed by atoms with Gasteiger partial charge >= 0.3 is 0 Å². The number of halogens is 2. The minimum atomic E-state index is -0.268. The number of aryl methyl sites for hydroxylation is 1. The van der Waals surface area contributed by atoms with Crippen LogP contribution in [-0.4, -0.2) is 29.7 Å². The lowest BCUT2D eigenvalue weighted by atomic mass is 10.3. The third-order valence-corrected chi connectivity index (χ3v) is 3.37. The van der Waals surface area contributed by atoms with E-state index in [1.54, 1.807) is 12.1 Å². The van der Waals surface area contributed by atoms with Crippen LogP contribution in [0.15, 0.2) is 47.7 Å². The molecule has 0 aliphatic carbocycles. The fourth-order valence-electron chi connectivity index (χ4n) is 2.19. The summed E-state index contributed by atoms with van der Waals surface area (Å²) in [5.74, 6) is 1.13. The number of hydrogen-bond acceptors (Lipinski definition) is 2. The third kappa shape index (κ3) is 7.76. The van der Waals surface area contributed by atoms with E-state index in [1.807, 2.05) is 43.9 Å². The molecule has 5 nitrogen and oxygen atoms in total. The second-order valence-corrected chi connectivity index (χ2v) is 5.64. The summed E-state index contributed by atoms with van der Waals surface area (Å²) in [4.78, 5) is 4.56. The molecule has 0 aliphatic heterocycles. The Morgan fingerprint density at radius 1 is 1.24 bits per heavy atom. The quantitative estimate of drug-likeness (QED) is 0.379. The first-order valence-electron chi connectivity index (χ1n) is 8.12. The van der Waals surface area contributed by atoms with Crippen LogP contribution in [0.3, 0.4) is 0 Å². The van der Waals surface area contributed by atoms with Crippen LogP contribution in [0.4, 0.5) is 4.39 Å². The lowest BCUT2D eigenvalue weighted by molar-refractivity contribution is 0.223. The van der Waals surface area contributed by atoms with Crippen LogP contribution < -0.4 is 15.4 Å². The van der Waals surface area contributed by atoms with E-state index in [-0.39, 0.29) is 35.9 Å². The van der Waals surface area contributed by atoms with Crippen LogP contribution in [0.2, 0.25) is 0 Å². The molecule has 1 unspecified atom stereocenters. The van der Waals surface area contributed by atoms with Crippen molar-refractivity contribution in [2.75, 3.05) is 13.1 Å². The molecular weight excluding hydrogens is 434 g/mol. The molecule has 0 saturated heterocycles. The van der Waals surface area contributed by atoms with E-state index in [4.69, 9.17) is 4.74 Å². The smallest absolute Gasteiger partial charge is 0.191 e. The molecule has 1 aromatic carbocycles. The molecule has 2 rings (SSSR count). The van der Waals surface area contributed by atoms with Gasteiger partial charge in [-0.25, -0.2) is 9.38 Å². The minimum absolute atomic E-state index is 0. The van der Waals surface area contributed by atoms with Gasteiger partial charge in [-0.15, -0.1) is 24.0 Å². The van der Waals surface area contributed by atoms with Crippen molar-refractivity contribution < 1.29 is 9.13 Å². The molecule has 0 spiro atoms. The first kappa shape index (κ1) is 21.3. The number of benzene rings is 1. The van der Waals surface area contributed by atoms with Gasteiger partial charge in [0, 0.05) is 26.0 Å². The number of aliphatic imine (C=N–C) groups is 1. The number of nitrogens with zero attached hydrogens (tertiary/aromatic N) is 2. The molecule has 0 radical (unpaired) electrons. The normalized spacial score (nSPS) is 12.2. The first-order valence-corrected chi connectivity index (χ1v) is 8.12. The fourth-order valence-corrected chi connectivity index (χ4v) is 2.19. The zero-order chi connectivity index (χ0) is 17.4. The Kier molecular flexibility index (Phi) is 9.33. The van der Waals surface area contributed by atoms with Crippen molar-refractivity contribution in [1.82, 2.24) is 15.2 Å². The zero-order valence-electron chi connectivity index (χ0n) is 14.8. The number of hydrogen-bond donors (Lipinski definition) is 2. The molecule has 0 amide bonds. The topological polar surface area (TPSA) is 50.6 Å². The SMILES string of the molecule is CCNC(=NCc1ccn(C)c1)NCC(C)Oc1ccc(F)cc1.I. The highest BCUT2D eigenvalue weighted by Gasteiger charge is 2.06. The van der Waals surface area contributed by atoms with Crippen LogP contribution in [-0.2, 0) is 13.6 Å². The summed E-state index contributed by atoms with van der Waals surface area (Å²) >= 11 is 0. The number of ether oxygens (including phenoxy) is 1. The van der Waals surface area contributed by atoms with Crippen molar-refractivity contribution in [3.8, 4) is 5.75 Å². The van der Waals surface area contributed by atoms with E-state index in [0.29, 0.717) is 18.8 Å². The van der Waals surface area contributed by atoms with Gasteiger partial charge < -0.3 is 19.9 Å². The Morgan fingerprint density at radius 3 is 2.56 bits per heavy atom. The maximum atomic E-state index is 12.9. The summed E-state index contributed by atoms with van der Waals surface area (Å²) in [6.45, 7) is 5.98. The van der Waals surface area contributed by atoms with E-state index in [2.05, 4.69) is 15.6 Å². The molecule has 7 heteroatoms. The van der Waals surface area contributed by atoms with Crippen LogP contribution in [0.25, 0.3) is 0 Å². The van der Waals surface area contributed by atoms with Crippen LogP contribution in [0.1, 0.15) is 19.4 Å². The molecule has 2 aromatic rings. The lowest BCUT2D eigenvalue weighted by Crippen LogP contribution is -2.41. The van der Waals surface area contributed by atoms with E-state index in [1.165, 1.54) is 12.1 Å². The Hall–Kier alpha value is -1.77. The van der Waals surface area contributed by atoms with Crippen LogP contribution in [0.5, 0.6) is 5.75 Å². The van der Waals surface area contributed by atoms with Gasteiger partial charge in [-0.1, -0.05) is 0 Å². The highest BCUT2D eigenvalue weighted by molar-refractivity contribution is 14.0. The van der Waals surface area contributed by atoms with Crippen molar-refractivity contribution in [2.24, 2.45) is 12.0 Å². The first-order chi connectivity index (χ1) is 11.6. The summed E-state index contributed by atoms with van der Waals surface area (Å²) < 4.78 is 20.6. The molecule has 2 N–H and O–H groups in total. The summed E-state index contributed by atoms with van der Waals surface area (Å²) in [5.41, 5.74) is 1.16. The van der Waals surface area contributed by atoms with E-state index < -0.39 is 0 Å². The van der Waals surface area contributed by atoms with Gasteiger partial charge in [0.2, 0.25) is 0 Å². The predicted molar refractivity (Wildman–Crippen MR) is 110 cm³/mol. The molecule has 25 heavy (non-hydrogen) atoms. The number of rotatable bonds is 7. The maximum Gasteiger partial charge on any atom is 0.191 e. The monoisotopic (exact) mass is 460 g/mol. The Bertz CT molecular complexity index is 657. The average molecular weight is 460 g/mol. The molecule has 0 bridgehead atoms. The molecular formula is C18H26FIN4O. The van der Waals surface area contributed by atoms with Crippen molar-refractivity contribution in [3.63, 3.8) is 0 Å². The Labute approximate surface area is 165 Å². The molecule has 1 aromatic heterocycles. The predicted octanol–water partition coefficient (Wildman–Crippen LogP) is 3.30. The van der Waals surface area contributed by atoms with Gasteiger partial charge in [-0.2, -0.15) is 0 Å². The molecule has 0 saturated carbocycles. The van der Waals surface area contributed by atoms with Crippen molar-refractivity contribution in [2.45, 2.75) is 26.5 Å². The molecule has 0 fully saturated rings. The number of nitrogens with one attached hydrogen (secondary N) is 2. The van der Waals surface area contributed by atoms with Gasteiger partial charge in [0.15, 0.2) is 5.96 Å². The molecule has 138 valence electrons. The zero-order valence-corrected chi connectivity index (χ0v) is 17.2. The van der Waals surface area contributed by atoms with Gasteiger partial charge in [-0.05, 0) is 49.7 Å². The lowest BCUT2D eigenvalue weighted by Gasteiger charge is -2.17. The minimum Gasteiger partial charge on any atom is -0.489 e. The van der Waals surface area contributed by atoms with Crippen LogP contribution in [0, 0.1) is 5.82 Å². The summed E-state index contributed by atoms with van der Waals surface area (Å²) in [7, 11) is 1.99. The number of aromatic nitrogens is 1.